The van der Waals surface area contributed by atoms with Gasteiger partial charge in [-0.3, -0.25) is 4.90 Å². The van der Waals surface area contributed by atoms with E-state index in [-0.39, 0.29) is 5.50 Å². The SMILES string of the molecule is CC1CCCCC1CN1CCSC1N. The molecule has 14 heavy (non-hydrogen) atoms. The van der Waals surface area contributed by atoms with E-state index in [1.54, 1.807) is 0 Å². The Kier molecular flexibility index (Phi) is 3.74. The van der Waals surface area contributed by atoms with Gasteiger partial charge in [-0.25, -0.2) is 0 Å². The fourth-order valence-corrected chi connectivity index (χ4v) is 3.67. The summed E-state index contributed by atoms with van der Waals surface area (Å²) < 4.78 is 0. The zero-order valence-corrected chi connectivity index (χ0v) is 9.93. The zero-order valence-electron chi connectivity index (χ0n) is 9.11. The maximum absolute atomic E-state index is 6.03. The Bertz CT molecular complexity index is 186. The van der Waals surface area contributed by atoms with Crippen molar-refractivity contribution in [2.24, 2.45) is 17.6 Å². The Balaban J connectivity index is 1.83. The maximum atomic E-state index is 6.03. The molecule has 2 aliphatic rings. The number of hydrogen-bond acceptors (Lipinski definition) is 3. The predicted molar refractivity (Wildman–Crippen MR) is 63.1 cm³/mol. The molecular weight excluding hydrogens is 192 g/mol. The molecule has 2 N–H and O–H groups in total. The summed E-state index contributed by atoms with van der Waals surface area (Å²) in [6.07, 6.45) is 5.74. The van der Waals surface area contributed by atoms with Gasteiger partial charge in [-0.2, -0.15) is 0 Å². The van der Waals surface area contributed by atoms with Gasteiger partial charge in [0.25, 0.3) is 0 Å². The lowest BCUT2D eigenvalue weighted by atomic mass is 9.80. The van der Waals surface area contributed by atoms with E-state index in [1.807, 2.05) is 11.8 Å². The first kappa shape index (κ1) is 10.8. The van der Waals surface area contributed by atoms with Gasteiger partial charge in [0.2, 0.25) is 0 Å². The molecule has 1 saturated carbocycles. The molecule has 1 aliphatic heterocycles. The van der Waals surface area contributed by atoms with Gasteiger partial charge in [0.1, 0.15) is 5.50 Å². The van der Waals surface area contributed by atoms with E-state index >= 15 is 0 Å². The third-order valence-electron chi connectivity index (χ3n) is 3.79. The first-order valence-electron chi connectivity index (χ1n) is 5.88. The van der Waals surface area contributed by atoms with Gasteiger partial charge in [-0.1, -0.05) is 26.2 Å². The molecular formula is C11H22N2S. The molecule has 2 nitrogen and oxygen atoms in total. The van der Waals surface area contributed by atoms with Crippen LogP contribution in [0.3, 0.4) is 0 Å². The van der Waals surface area contributed by atoms with E-state index in [9.17, 15) is 0 Å². The Morgan fingerprint density at radius 2 is 2.14 bits per heavy atom. The molecule has 3 heteroatoms. The first-order chi connectivity index (χ1) is 6.77. The van der Waals surface area contributed by atoms with Crippen LogP contribution in [-0.4, -0.2) is 29.2 Å². The highest BCUT2D eigenvalue weighted by molar-refractivity contribution is 8.00. The largest absolute Gasteiger partial charge is 0.307 e. The van der Waals surface area contributed by atoms with Crippen molar-refractivity contribution >= 4 is 11.8 Å². The van der Waals surface area contributed by atoms with E-state index in [2.05, 4.69) is 11.8 Å². The van der Waals surface area contributed by atoms with Crippen LogP contribution in [0.2, 0.25) is 0 Å². The van der Waals surface area contributed by atoms with Gasteiger partial charge < -0.3 is 5.73 Å². The minimum Gasteiger partial charge on any atom is -0.307 e. The third-order valence-corrected chi connectivity index (χ3v) is 4.84. The van der Waals surface area contributed by atoms with Crippen LogP contribution in [0.4, 0.5) is 0 Å². The maximum Gasteiger partial charge on any atom is 0.105 e. The number of nitrogens with two attached hydrogens (primary N) is 1. The quantitative estimate of drug-likeness (QED) is 0.763. The minimum atomic E-state index is 0.282. The van der Waals surface area contributed by atoms with Crippen molar-refractivity contribution < 1.29 is 0 Å². The second-order valence-corrected chi connectivity index (χ2v) is 6.00. The topological polar surface area (TPSA) is 29.3 Å². The van der Waals surface area contributed by atoms with Gasteiger partial charge in [-0.05, 0) is 18.3 Å². The average Bonchev–Trinajstić information content (AvgIpc) is 2.56. The lowest BCUT2D eigenvalue weighted by Crippen LogP contribution is -2.40. The molecule has 2 rings (SSSR count). The standard InChI is InChI=1S/C11H22N2S/c1-9-4-2-3-5-10(9)8-13-6-7-14-11(13)12/h9-11H,2-8,12H2,1H3. The summed E-state index contributed by atoms with van der Waals surface area (Å²) in [5, 5.41) is 0. The van der Waals surface area contributed by atoms with Crippen molar-refractivity contribution in [3.63, 3.8) is 0 Å². The van der Waals surface area contributed by atoms with Crippen LogP contribution < -0.4 is 5.73 Å². The van der Waals surface area contributed by atoms with Crippen molar-refractivity contribution in [1.29, 1.82) is 0 Å². The monoisotopic (exact) mass is 214 g/mol. The molecule has 82 valence electrons. The second kappa shape index (κ2) is 4.86. The molecule has 1 saturated heterocycles. The molecule has 1 aliphatic carbocycles. The average molecular weight is 214 g/mol. The molecule has 0 aromatic heterocycles. The fraction of sp³-hybridized carbons (Fsp3) is 1.00. The van der Waals surface area contributed by atoms with Crippen LogP contribution in [0.25, 0.3) is 0 Å². The van der Waals surface area contributed by atoms with Crippen molar-refractivity contribution in [3.8, 4) is 0 Å². The van der Waals surface area contributed by atoms with Crippen molar-refractivity contribution in [3.05, 3.63) is 0 Å². The summed E-state index contributed by atoms with van der Waals surface area (Å²) in [4.78, 5) is 2.47. The number of rotatable bonds is 2. The van der Waals surface area contributed by atoms with Gasteiger partial charge in [-0.15, -0.1) is 11.8 Å². The zero-order chi connectivity index (χ0) is 9.97. The second-order valence-electron chi connectivity index (χ2n) is 4.78. The predicted octanol–water partition coefficient (Wildman–Crippen LogP) is 2.10. The van der Waals surface area contributed by atoms with Crippen LogP contribution in [0.5, 0.6) is 0 Å². The third kappa shape index (κ3) is 2.44. The fourth-order valence-electron chi connectivity index (χ4n) is 2.68. The van der Waals surface area contributed by atoms with Crippen LogP contribution in [-0.2, 0) is 0 Å². The molecule has 0 aromatic rings. The summed E-state index contributed by atoms with van der Waals surface area (Å²) in [5.74, 6) is 3.05. The molecule has 0 spiro atoms. The molecule has 3 unspecified atom stereocenters. The highest BCUT2D eigenvalue weighted by atomic mass is 32.2. The van der Waals surface area contributed by atoms with E-state index in [1.165, 1.54) is 44.5 Å². The number of thioether (sulfide) groups is 1. The van der Waals surface area contributed by atoms with E-state index in [0.29, 0.717) is 0 Å². The number of hydrogen-bond donors (Lipinski definition) is 1. The Hall–Kier alpha value is 0.270. The normalized spacial score (nSPS) is 40.3. The summed E-state index contributed by atoms with van der Waals surface area (Å²) in [7, 11) is 0. The van der Waals surface area contributed by atoms with Gasteiger partial charge in [0.05, 0.1) is 0 Å². The summed E-state index contributed by atoms with van der Waals surface area (Å²) >= 11 is 1.90. The smallest absolute Gasteiger partial charge is 0.105 e. The van der Waals surface area contributed by atoms with E-state index < -0.39 is 0 Å². The lowest BCUT2D eigenvalue weighted by molar-refractivity contribution is 0.165. The van der Waals surface area contributed by atoms with Crippen LogP contribution >= 0.6 is 11.8 Å². The molecule has 0 bridgehead atoms. The molecule has 3 atom stereocenters. The Labute approximate surface area is 91.6 Å². The van der Waals surface area contributed by atoms with Crippen molar-refractivity contribution in [2.75, 3.05) is 18.8 Å². The Morgan fingerprint density at radius 3 is 2.79 bits per heavy atom. The van der Waals surface area contributed by atoms with Gasteiger partial charge in [0.15, 0.2) is 0 Å². The van der Waals surface area contributed by atoms with Crippen LogP contribution in [0.1, 0.15) is 32.6 Å². The van der Waals surface area contributed by atoms with Crippen LogP contribution in [0.15, 0.2) is 0 Å². The molecule has 0 amide bonds. The molecule has 0 radical (unpaired) electrons. The summed E-state index contributed by atoms with van der Waals surface area (Å²) in [6.45, 7) is 4.86. The Morgan fingerprint density at radius 1 is 1.36 bits per heavy atom. The highest BCUT2D eigenvalue weighted by Gasteiger charge is 2.28. The van der Waals surface area contributed by atoms with Crippen molar-refractivity contribution in [1.82, 2.24) is 4.90 Å². The number of nitrogens with zero attached hydrogens (tertiary/aromatic N) is 1. The first-order valence-corrected chi connectivity index (χ1v) is 6.93. The lowest BCUT2D eigenvalue weighted by Gasteiger charge is -2.33. The molecule has 0 aromatic carbocycles. The van der Waals surface area contributed by atoms with Gasteiger partial charge in [0, 0.05) is 18.8 Å². The van der Waals surface area contributed by atoms with E-state index in [0.717, 1.165) is 11.8 Å². The molecule has 2 fully saturated rings. The molecule has 1 heterocycles. The van der Waals surface area contributed by atoms with Crippen LogP contribution in [0, 0.1) is 11.8 Å². The summed E-state index contributed by atoms with van der Waals surface area (Å²) in [6, 6.07) is 0. The summed E-state index contributed by atoms with van der Waals surface area (Å²) in [5.41, 5.74) is 6.31. The highest BCUT2D eigenvalue weighted by Crippen LogP contribution is 2.32. The van der Waals surface area contributed by atoms with Gasteiger partial charge >= 0.3 is 0 Å². The van der Waals surface area contributed by atoms with E-state index in [4.69, 9.17) is 5.73 Å². The van der Waals surface area contributed by atoms with Crippen molar-refractivity contribution in [2.45, 2.75) is 38.1 Å². The minimum absolute atomic E-state index is 0.282.